The zero-order valence-electron chi connectivity index (χ0n) is 17.3. The minimum absolute atomic E-state index is 0.0322. The summed E-state index contributed by atoms with van der Waals surface area (Å²) in [4.78, 5) is 11.6. The molecule has 29 heavy (non-hydrogen) atoms. The molecule has 2 nitrogen and oxygen atoms in total. The van der Waals surface area contributed by atoms with Crippen LogP contribution in [0.2, 0.25) is 0 Å². The van der Waals surface area contributed by atoms with E-state index in [0.717, 1.165) is 23.1 Å². The molecule has 0 aliphatic heterocycles. The Morgan fingerprint density at radius 3 is 1.72 bits per heavy atom. The highest BCUT2D eigenvalue weighted by molar-refractivity contribution is 5.94. The molecule has 0 atom stereocenters. The van der Waals surface area contributed by atoms with Crippen molar-refractivity contribution in [2.24, 2.45) is 5.41 Å². The Kier molecular flexibility index (Phi) is 6.76. The van der Waals surface area contributed by atoms with Crippen molar-refractivity contribution in [3.8, 4) is 5.75 Å². The van der Waals surface area contributed by atoms with Crippen molar-refractivity contribution >= 4 is 11.4 Å². The van der Waals surface area contributed by atoms with Gasteiger partial charge in [0, 0.05) is 11.1 Å². The molecule has 2 aromatic carbocycles. The van der Waals surface area contributed by atoms with Crippen molar-refractivity contribution < 1.29 is 22.7 Å². The van der Waals surface area contributed by atoms with E-state index in [4.69, 9.17) is 0 Å². The van der Waals surface area contributed by atoms with Crippen LogP contribution < -0.4 is 4.74 Å². The highest BCUT2D eigenvalue weighted by atomic mass is 19.4. The Balaban J connectivity index is 2.53. The van der Waals surface area contributed by atoms with E-state index in [0.29, 0.717) is 11.1 Å². The predicted octanol–water partition coefficient (Wildman–Crippen LogP) is 7.20. The number of hydrogen-bond donors (Lipinski definition) is 0. The smallest absolute Gasteiger partial charge is 0.406 e. The summed E-state index contributed by atoms with van der Waals surface area (Å²) < 4.78 is 41.2. The molecule has 0 saturated carbocycles. The lowest BCUT2D eigenvalue weighted by Crippen LogP contribution is -2.17. The van der Waals surface area contributed by atoms with Crippen LogP contribution in [-0.4, -0.2) is 12.1 Å². The lowest BCUT2D eigenvalue weighted by atomic mass is 9.88. The van der Waals surface area contributed by atoms with Gasteiger partial charge in [-0.05, 0) is 54.5 Å². The van der Waals surface area contributed by atoms with Gasteiger partial charge in [0.1, 0.15) is 5.75 Å². The Morgan fingerprint density at radius 1 is 0.862 bits per heavy atom. The average Bonchev–Trinajstić information content (AvgIpc) is 2.58. The molecule has 154 valence electrons. The second kappa shape index (κ2) is 8.71. The molecule has 5 heteroatoms. The van der Waals surface area contributed by atoms with Gasteiger partial charge in [0.25, 0.3) is 0 Å². The maximum atomic E-state index is 12.4. The first-order valence-electron chi connectivity index (χ1n) is 9.28. The largest absolute Gasteiger partial charge is 0.573 e. The molecule has 0 unspecified atom stereocenters. The second-order valence-corrected chi connectivity index (χ2v) is 8.22. The molecule has 0 radical (unpaired) electrons. The van der Waals surface area contributed by atoms with Gasteiger partial charge >= 0.3 is 6.36 Å². The topological polar surface area (TPSA) is 26.3 Å². The average molecular weight is 402 g/mol. The van der Waals surface area contributed by atoms with E-state index in [1.54, 1.807) is 24.3 Å². The summed E-state index contributed by atoms with van der Waals surface area (Å²) in [5, 5.41) is 0. The number of benzene rings is 2. The molecule has 0 aromatic heterocycles. The van der Waals surface area contributed by atoms with Crippen molar-refractivity contribution in [1.29, 1.82) is 0 Å². The van der Waals surface area contributed by atoms with Crippen molar-refractivity contribution in [3.63, 3.8) is 0 Å². The molecular weight excluding hydrogens is 377 g/mol. The van der Waals surface area contributed by atoms with Crippen LogP contribution in [0.25, 0.3) is 5.57 Å². The third-order valence-corrected chi connectivity index (χ3v) is 4.09. The predicted molar refractivity (Wildman–Crippen MR) is 109 cm³/mol. The number of Topliss-reactive ketones (excluding diaryl/α,β-unsaturated/α-hetero) is 1. The highest BCUT2D eigenvalue weighted by Crippen LogP contribution is 2.29. The minimum atomic E-state index is -4.73. The first kappa shape index (κ1) is 22.5. The van der Waals surface area contributed by atoms with Crippen molar-refractivity contribution in [2.75, 3.05) is 0 Å². The third-order valence-electron chi connectivity index (χ3n) is 4.09. The molecule has 0 fully saturated rings. The van der Waals surface area contributed by atoms with E-state index in [1.807, 2.05) is 19.1 Å². The van der Waals surface area contributed by atoms with Gasteiger partial charge < -0.3 is 4.74 Å². The summed E-state index contributed by atoms with van der Waals surface area (Å²) in [6.07, 6.45) is -3.91. The van der Waals surface area contributed by atoms with Gasteiger partial charge in [0.05, 0.1) is 0 Å². The van der Waals surface area contributed by atoms with Gasteiger partial charge in [-0.1, -0.05) is 57.2 Å². The maximum Gasteiger partial charge on any atom is 0.573 e. The Hall–Kier alpha value is -2.78. The Labute approximate surface area is 169 Å². The molecule has 0 aliphatic carbocycles. The van der Waals surface area contributed by atoms with Gasteiger partial charge in [0.15, 0.2) is 5.78 Å². The molecule has 0 bridgehead atoms. The maximum absolute atomic E-state index is 12.4. The van der Waals surface area contributed by atoms with Crippen LogP contribution in [0.15, 0.2) is 59.8 Å². The molecule has 0 N–H and O–H groups in total. The number of alkyl halides is 3. The van der Waals surface area contributed by atoms with Crippen LogP contribution in [0.3, 0.4) is 0 Å². The van der Waals surface area contributed by atoms with E-state index >= 15 is 0 Å². The first-order valence-corrected chi connectivity index (χ1v) is 9.28. The van der Waals surface area contributed by atoms with Gasteiger partial charge in [0.2, 0.25) is 0 Å². The second-order valence-electron chi connectivity index (χ2n) is 8.22. The van der Waals surface area contributed by atoms with Gasteiger partial charge in [-0.25, -0.2) is 0 Å². The number of halogens is 3. The number of allylic oxidation sites excluding steroid dienone is 1. The molecule has 2 aromatic rings. The summed E-state index contributed by atoms with van der Waals surface area (Å²) in [7, 11) is 0. The van der Waals surface area contributed by atoms with Crippen LogP contribution in [0.5, 0.6) is 5.75 Å². The first-order chi connectivity index (χ1) is 13.3. The normalized spacial score (nSPS) is 11.6. The molecule has 0 heterocycles. The van der Waals surface area contributed by atoms with Crippen molar-refractivity contribution in [1.82, 2.24) is 0 Å². The fourth-order valence-electron chi connectivity index (χ4n) is 3.06. The minimum Gasteiger partial charge on any atom is -0.406 e. The van der Waals surface area contributed by atoms with Crippen molar-refractivity contribution in [3.05, 3.63) is 76.5 Å². The number of ether oxygens (including phenoxy) is 1. The number of carbonyl (C=O) groups is 1. The molecule has 0 amide bonds. The molecule has 2 rings (SSSR count). The summed E-state index contributed by atoms with van der Waals surface area (Å²) in [6, 6.07) is 12.8. The number of ketones is 1. The number of hydrogen-bond acceptors (Lipinski definition) is 2. The van der Waals surface area contributed by atoms with Crippen LogP contribution in [-0.2, 0) is 0 Å². The van der Waals surface area contributed by atoms with E-state index in [9.17, 15) is 18.0 Å². The standard InChI is InChI=1S/C24H25F3O2/c1-16(15-23(3,4)5)14-22(19-8-6-18(7-9-19)17(2)28)20-10-12-21(13-11-20)29-24(25,26)27/h6-13H,15H2,1-5H3. The summed E-state index contributed by atoms with van der Waals surface area (Å²) in [5.74, 6) is -0.307. The lowest BCUT2D eigenvalue weighted by molar-refractivity contribution is -0.274. The summed E-state index contributed by atoms with van der Waals surface area (Å²) in [5.41, 5.74) is 7.39. The van der Waals surface area contributed by atoms with E-state index in [-0.39, 0.29) is 16.9 Å². The third kappa shape index (κ3) is 7.28. The summed E-state index contributed by atoms with van der Waals surface area (Å²) >= 11 is 0. The lowest BCUT2D eigenvalue weighted by Gasteiger charge is -2.17. The van der Waals surface area contributed by atoms with Crippen LogP contribution in [0, 0.1) is 5.41 Å². The SMILES string of the molecule is CC(=O)c1ccc(C(=C=C(C)CC(C)(C)C)c2ccc(OC(F)(F)F)cc2)cc1. The molecular formula is C24H25F3O2. The Morgan fingerprint density at radius 2 is 1.31 bits per heavy atom. The van der Waals surface area contributed by atoms with E-state index in [1.165, 1.54) is 19.1 Å². The fraction of sp³-hybridized carbons (Fsp3) is 0.333. The Bertz CT molecular complexity index is 922. The quantitative estimate of drug-likeness (QED) is 0.390. The van der Waals surface area contributed by atoms with Crippen molar-refractivity contribution in [2.45, 2.75) is 47.4 Å². The zero-order chi connectivity index (χ0) is 21.8. The van der Waals surface area contributed by atoms with Crippen LogP contribution in [0.4, 0.5) is 13.2 Å². The van der Waals surface area contributed by atoms with Gasteiger partial charge in [-0.2, -0.15) is 0 Å². The number of rotatable bonds is 5. The monoisotopic (exact) mass is 402 g/mol. The van der Waals surface area contributed by atoms with Crippen LogP contribution >= 0.6 is 0 Å². The zero-order valence-corrected chi connectivity index (χ0v) is 17.3. The summed E-state index contributed by atoms with van der Waals surface area (Å²) in [6.45, 7) is 9.86. The number of carbonyl (C=O) groups excluding carboxylic acids is 1. The fourth-order valence-corrected chi connectivity index (χ4v) is 3.06. The van der Waals surface area contributed by atoms with E-state index in [2.05, 4.69) is 31.2 Å². The molecule has 0 aliphatic rings. The van der Waals surface area contributed by atoms with E-state index < -0.39 is 6.36 Å². The molecule has 0 saturated heterocycles. The highest BCUT2D eigenvalue weighted by Gasteiger charge is 2.31. The van der Waals surface area contributed by atoms with Gasteiger partial charge in [-0.3, -0.25) is 4.79 Å². The molecule has 0 spiro atoms. The van der Waals surface area contributed by atoms with Crippen LogP contribution in [0.1, 0.15) is 62.5 Å². The van der Waals surface area contributed by atoms with Gasteiger partial charge in [-0.15, -0.1) is 18.9 Å².